The maximum atomic E-state index is 13.5. The van der Waals surface area contributed by atoms with Gasteiger partial charge in [0, 0.05) is 12.1 Å². The number of imidazole rings is 1. The minimum atomic E-state index is -4.43. The summed E-state index contributed by atoms with van der Waals surface area (Å²) < 4.78 is 41.4. The molecule has 2 aliphatic rings. The number of halogens is 3. The van der Waals surface area contributed by atoms with E-state index in [2.05, 4.69) is 13.8 Å². The molecule has 3 heterocycles. The maximum absolute atomic E-state index is 13.5. The molecule has 0 aliphatic carbocycles. The first-order chi connectivity index (χ1) is 16.7. The molecule has 2 aliphatic heterocycles. The first-order valence-electron chi connectivity index (χ1n) is 11.7. The van der Waals surface area contributed by atoms with Crippen molar-refractivity contribution in [1.29, 1.82) is 0 Å². The van der Waals surface area contributed by atoms with Gasteiger partial charge in [0.25, 0.3) is 5.91 Å². The summed E-state index contributed by atoms with van der Waals surface area (Å²) in [6.07, 6.45) is -4.43. The van der Waals surface area contributed by atoms with E-state index in [0.29, 0.717) is 48.5 Å². The number of aliphatic imine (C=N–C) groups is 1. The average Bonchev–Trinajstić information content (AvgIpc) is 3.42. The molecule has 2 aromatic carbocycles. The van der Waals surface area contributed by atoms with Crippen molar-refractivity contribution in [3.05, 3.63) is 71.4 Å². The number of aromatic nitrogens is 2. The van der Waals surface area contributed by atoms with Crippen LogP contribution in [0.2, 0.25) is 0 Å². The van der Waals surface area contributed by atoms with Gasteiger partial charge < -0.3 is 4.57 Å². The minimum Gasteiger partial charge on any atom is -0.305 e. The van der Waals surface area contributed by atoms with E-state index in [1.54, 1.807) is 4.90 Å². The van der Waals surface area contributed by atoms with E-state index >= 15 is 0 Å². The third kappa shape index (κ3) is 3.98. The fourth-order valence-electron chi connectivity index (χ4n) is 4.59. The van der Waals surface area contributed by atoms with Crippen molar-refractivity contribution >= 4 is 17.7 Å². The largest absolute Gasteiger partial charge is 0.416 e. The second kappa shape index (κ2) is 8.55. The van der Waals surface area contributed by atoms with E-state index in [4.69, 9.17) is 9.98 Å². The van der Waals surface area contributed by atoms with Crippen LogP contribution < -0.4 is 4.90 Å². The molecule has 1 aromatic heterocycles. The lowest BCUT2D eigenvalue weighted by atomic mass is 10.1. The van der Waals surface area contributed by atoms with Crippen molar-refractivity contribution in [2.75, 3.05) is 18.0 Å². The van der Waals surface area contributed by atoms with Gasteiger partial charge in [0.2, 0.25) is 5.96 Å². The van der Waals surface area contributed by atoms with Crippen LogP contribution in [0.1, 0.15) is 42.4 Å². The van der Waals surface area contributed by atoms with Crippen molar-refractivity contribution in [1.82, 2.24) is 14.5 Å². The quantitative estimate of drug-likeness (QED) is 0.497. The number of benzene rings is 2. The van der Waals surface area contributed by atoms with Gasteiger partial charge in [0.15, 0.2) is 5.69 Å². The van der Waals surface area contributed by atoms with Gasteiger partial charge in [-0.25, -0.2) is 9.98 Å². The number of fused-ring (bicyclic) bond motifs is 3. The molecule has 0 unspecified atom stereocenters. The summed E-state index contributed by atoms with van der Waals surface area (Å²) in [6.45, 7) is 7.55. The fourth-order valence-corrected chi connectivity index (χ4v) is 4.59. The zero-order chi connectivity index (χ0) is 24.9. The van der Waals surface area contributed by atoms with Gasteiger partial charge in [0.1, 0.15) is 11.6 Å². The SMILES string of the molecule is CCN1C(=O)c2nc(-c3ccc(C(F)(F)F)cc3)n(Cc3ccccc3)c2N2C[C@@H](C(C)C)N=C12. The molecule has 1 amide bonds. The Morgan fingerprint density at radius 2 is 1.74 bits per heavy atom. The van der Waals surface area contributed by atoms with Crippen LogP contribution in [0.4, 0.5) is 19.0 Å². The summed E-state index contributed by atoms with van der Waals surface area (Å²) in [4.78, 5) is 26.7. The van der Waals surface area contributed by atoms with Gasteiger partial charge in [-0.2, -0.15) is 13.2 Å². The van der Waals surface area contributed by atoms with Crippen LogP contribution in [0.3, 0.4) is 0 Å². The number of amides is 1. The molecule has 0 spiro atoms. The van der Waals surface area contributed by atoms with Crippen molar-refractivity contribution in [3.63, 3.8) is 0 Å². The molecule has 5 rings (SSSR count). The van der Waals surface area contributed by atoms with Gasteiger partial charge >= 0.3 is 6.18 Å². The Morgan fingerprint density at radius 3 is 2.34 bits per heavy atom. The van der Waals surface area contributed by atoms with Crippen LogP contribution in [0.25, 0.3) is 11.4 Å². The highest BCUT2D eigenvalue weighted by molar-refractivity contribution is 6.18. The van der Waals surface area contributed by atoms with Crippen LogP contribution >= 0.6 is 0 Å². The Hall–Kier alpha value is -3.62. The lowest BCUT2D eigenvalue weighted by Gasteiger charge is -2.33. The zero-order valence-corrected chi connectivity index (χ0v) is 19.8. The van der Waals surface area contributed by atoms with Gasteiger partial charge in [-0.15, -0.1) is 0 Å². The first-order valence-corrected chi connectivity index (χ1v) is 11.7. The van der Waals surface area contributed by atoms with Crippen molar-refractivity contribution in [3.8, 4) is 11.4 Å². The van der Waals surface area contributed by atoms with E-state index < -0.39 is 11.7 Å². The summed E-state index contributed by atoms with van der Waals surface area (Å²) in [5, 5.41) is 0. The van der Waals surface area contributed by atoms with E-state index in [0.717, 1.165) is 17.7 Å². The van der Waals surface area contributed by atoms with Crippen LogP contribution in [0.5, 0.6) is 0 Å². The summed E-state index contributed by atoms with van der Waals surface area (Å²) in [7, 11) is 0. The number of nitrogens with zero attached hydrogens (tertiary/aromatic N) is 5. The smallest absolute Gasteiger partial charge is 0.305 e. The second-order valence-electron chi connectivity index (χ2n) is 9.15. The number of carbonyl (C=O) groups excluding carboxylic acids is 1. The fraction of sp³-hybridized carbons (Fsp3) is 0.346. The minimum absolute atomic E-state index is 0.0207. The van der Waals surface area contributed by atoms with E-state index in [1.807, 2.05) is 46.7 Å². The first kappa shape index (κ1) is 23.1. The molecule has 1 atom stereocenters. The highest BCUT2D eigenvalue weighted by Gasteiger charge is 2.44. The average molecular weight is 482 g/mol. The Labute approximate surface area is 201 Å². The van der Waals surface area contributed by atoms with Crippen molar-refractivity contribution in [2.24, 2.45) is 10.9 Å². The number of anilines is 1. The molecule has 0 saturated heterocycles. The normalized spacial score (nSPS) is 17.6. The molecule has 9 heteroatoms. The monoisotopic (exact) mass is 481 g/mol. The Bertz CT molecular complexity index is 1280. The topological polar surface area (TPSA) is 53.7 Å². The zero-order valence-electron chi connectivity index (χ0n) is 19.8. The number of hydrogen-bond donors (Lipinski definition) is 0. The molecule has 0 radical (unpaired) electrons. The predicted molar refractivity (Wildman–Crippen MR) is 128 cm³/mol. The molecule has 0 bridgehead atoms. The number of hydrogen-bond acceptors (Lipinski definition) is 4. The van der Waals surface area contributed by atoms with Crippen molar-refractivity contribution < 1.29 is 18.0 Å². The van der Waals surface area contributed by atoms with Crippen LogP contribution in [0.15, 0.2) is 59.6 Å². The molecule has 3 aromatic rings. The number of carbonyl (C=O) groups is 1. The molecule has 0 N–H and O–H groups in total. The van der Waals surface area contributed by atoms with Gasteiger partial charge in [-0.05, 0) is 30.5 Å². The Kier molecular flexibility index (Phi) is 5.65. The van der Waals surface area contributed by atoms with Gasteiger partial charge in [0.05, 0.1) is 24.7 Å². The summed E-state index contributed by atoms with van der Waals surface area (Å²) in [6, 6.07) is 14.7. The van der Waals surface area contributed by atoms with E-state index in [-0.39, 0.29) is 17.9 Å². The highest BCUT2D eigenvalue weighted by Crippen LogP contribution is 2.38. The molecule has 0 saturated carbocycles. The molecule has 182 valence electrons. The number of rotatable bonds is 5. The van der Waals surface area contributed by atoms with Gasteiger partial charge in [-0.1, -0.05) is 56.3 Å². The number of guanidine groups is 1. The predicted octanol–water partition coefficient (Wildman–Crippen LogP) is 5.29. The van der Waals surface area contributed by atoms with Gasteiger partial charge in [-0.3, -0.25) is 14.6 Å². The van der Waals surface area contributed by atoms with E-state index in [9.17, 15) is 18.0 Å². The van der Waals surface area contributed by atoms with Crippen LogP contribution in [-0.2, 0) is 12.7 Å². The standard InChI is InChI=1S/C26H26F3N5O/c1-4-32-24(35)21-23(34-15-20(16(2)3)30-25(32)34)33(14-17-8-6-5-7-9-17)22(31-21)18-10-12-19(13-11-18)26(27,28)29/h5-13,16,20H,4,14-15H2,1-3H3/t20-/m0/s1. The number of alkyl halides is 3. The van der Waals surface area contributed by atoms with Crippen molar-refractivity contribution in [2.45, 2.75) is 39.5 Å². The Balaban J connectivity index is 1.69. The molecule has 6 nitrogen and oxygen atoms in total. The lowest BCUT2D eigenvalue weighted by molar-refractivity contribution is -0.137. The van der Waals surface area contributed by atoms with Crippen LogP contribution in [0, 0.1) is 5.92 Å². The second-order valence-corrected chi connectivity index (χ2v) is 9.15. The third-order valence-electron chi connectivity index (χ3n) is 6.52. The van der Waals surface area contributed by atoms with E-state index in [1.165, 1.54) is 12.1 Å². The molecule has 35 heavy (non-hydrogen) atoms. The molecular weight excluding hydrogens is 455 g/mol. The molecule has 0 fully saturated rings. The maximum Gasteiger partial charge on any atom is 0.416 e. The lowest BCUT2D eigenvalue weighted by Crippen LogP contribution is -2.50. The molecular formula is C26H26F3N5O. The Morgan fingerprint density at radius 1 is 1.06 bits per heavy atom. The summed E-state index contributed by atoms with van der Waals surface area (Å²) in [5.41, 5.74) is 1.07. The highest BCUT2D eigenvalue weighted by atomic mass is 19.4. The van der Waals surface area contributed by atoms with Crippen LogP contribution in [-0.4, -0.2) is 45.4 Å². The summed E-state index contributed by atoms with van der Waals surface area (Å²) in [5.74, 6) is 1.73. The summed E-state index contributed by atoms with van der Waals surface area (Å²) >= 11 is 0. The third-order valence-corrected chi connectivity index (χ3v) is 6.52.